The summed E-state index contributed by atoms with van der Waals surface area (Å²) >= 11 is 0. The van der Waals surface area contributed by atoms with Crippen molar-refractivity contribution < 1.29 is 9.59 Å². The van der Waals surface area contributed by atoms with Crippen molar-refractivity contribution in [1.29, 1.82) is 0 Å². The Kier molecular flexibility index (Phi) is 5.51. The Labute approximate surface area is 113 Å². The molecule has 0 radical (unpaired) electrons. The SMILES string of the molecule is CNC(=O)CN(C)C(=O)C(C)C(N)c1ccccc1. The number of carbonyl (C=O) groups excluding carboxylic acids is 2. The Balaban J connectivity index is 2.69. The number of rotatable bonds is 5. The van der Waals surface area contributed by atoms with Gasteiger partial charge in [0.15, 0.2) is 0 Å². The molecule has 0 bridgehead atoms. The molecule has 0 spiro atoms. The van der Waals surface area contributed by atoms with Gasteiger partial charge in [-0.05, 0) is 5.56 Å². The van der Waals surface area contributed by atoms with E-state index < -0.39 is 0 Å². The van der Waals surface area contributed by atoms with E-state index in [-0.39, 0.29) is 30.3 Å². The topological polar surface area (TPSA) is 75.4 Å². The first-order valence-electron chi connectivity index (χ1n) is 6.23. The van der Waals surface area contributed by atoms with E-state index in [1.807, 2.05) is 30.3 Å². The number of likely N-dealkylation sites (N-methyl/N-ethyl adjacent to an activating group) is 2. The van der Waals surface area contributed by atoms with Crippen LogP contribution in [0.25, 0.3) is 0 Å². The largest absolute Gasteiger partial charge is 0.358 e. The van der Waals surface area contributed by atoms with Crippen LogP contribution in [0.15, 0.2) is 30.3 Å². The second-order valence-electron chi connectivity index (χ2n) is 4.59. The third-order valence-electron chi connectivity index (χ3n) is 3.15. The highest BCUT2D eigenvalue weighted by molar-refractivity contribution is 5.85. The van der Waals surface area contributed by atoms with Crippen LogP contribution in [0, 0.1) is 5.92 Å². The standard InChI is InChI=1S/C14H21N3O2/c1-10(13(15)11-7-5-4-6-8-11)14(19)17(3)9-12(18)16-2/h4-8,10,13H,9,15H2,1-3H3,(H,16,18). The molecule has 0 heterocycles. The van der Waals surface area contributed by atoms with E-state index in [1.165, 1.54) is 4.90 Å². The van der Waals surface area contributed by atoms with Crippen molar-refractivity contribution in [3.8, 4) is 0 Å². The predicted molar refractivity (Wildman–Crippen MR) is 74.2 cm³/mol. The number of benzene rings is 1. The lowest BCUT2D eigenvalue weighted by Gasteiger charge is -2.25. The molecule has 1 aromatic rings. The molecule has 104 valence electrons. The summed E-state index contributed by atoms with van der Waals surface area (Å²) in [6.07, 6.45) is 0. The normalized spacial score (nSPS) is 13.5. The van der Waals surface area contributed by atoms with Gasteiger partial charge in [-0.1, -0.05) is 37.3 Å². The maximum Gasteiger partial charge on any atom is 0.239 e. The molecule has 0 saturated heterocycles. The molecule has 0 aliphatic carbocycles. The Hall–Kier alpha value is -1.88. The fourth-order valence-corrected chi connectivity index (χ4v) is 1.84. The van der Waals surface area contributed by atoms with E-state index in [1.54, 1.807) is 21.0 Å². The van der Waals surface area contributed by atoms with Gasteiger partial charge in [0.1, 0.15) is 0 Å². The smallest absolute Gasteiger partial charge is 0.239 e. The molecule has 19 heavy (non-hydrogen) atoms. The second-order valence-corrected chi connectivity index (χ2v) is 4.59. The Morgan fingerprint density at radius 2 is 1.89 bits per heavy atom. The monoisotopic (exact) mass is 263 g/mol. The Bertz CT molecular complexity index is 434. The number of nitrogens with two attached hydrogens (primary N) is 1. The number of hydrogen-bond donors (Lipinski definition) is 2. The summed E-state index contributed by atoms with van der Waals surface area (Å²) in [7, 11) is 3.14. The first kappa shape index (κ1) is 15.2. The van der Waals surface area contributed by atoms with Crippen LogP contribution in [0.2, 0.25) is 0 Å². The van der Waals surface area contributed by atoms with E-state index in [9.17, 15) is 9.59 Å². The lowest BCUT2D eigenvalue weighted by atomic mass is 9.94. The third-order valence-corrected chi connectivity index (χ3v) is 3.15. The molecular weight excluding hydrogens is 242 g/mol. The highest BCUT2D eigenvalue weighted by Gasteiger charge is 2.25. The average molecular weight is 263 g/mol. The zero-order valence-electron chi connectivity index (χ0n) is 11.6. The fourth-order valence-electron chi connectivity index (χ4n) is 1.84. The zero-order chi connectivity index (χ0) is 14.4. The van der Waals surface area contributed by atoms with Gasteiger partial charge in [0.2, 0.25) is 11.8 Å². The molecule has 1 rings (SSSR count). The minimum atomic E-state index is -0.378. The molecule has 2 amide bonds. The van der Waals surface area contributed by atoms with Crippen molar-refractivity contribution in [3.63, 3.8) is 0 Å². The first-order chi connectivity index (χ1) is 8.97. The molecule has 3 N–H and O–H groups in total. The van der Waals surface area contributed by atoms with Crippen molar-refractivity contribution >= 4 is 11.8 Å². The van der Waals surface area contributed by atoms with Crippen molar-refractivity contribution in [2.75, 3.05) is 20.6 Å². The Morgan fingerprint density at radius 1 is 1.32 bits per heavy atom. The van der Waals surface area contributed by atoms with Gasteiger partial charge in [-0.2, -0.15) is 0 Å². The van der Waals surface area contributed by atoms with Crippen molar-refractivity contribution in [1.82, 2.24) is 10.2 Å². The van der Waals surface area contributed by atoms with Gasteiger partial charge in [-0.3, -0.25) is 9.59 Å². The molecular formula is C14H21N3O2. The van der Waals surface area contributed by atoms with Gasteiger partial charge >= 0.3 is 0 Å². The van der Waals surface area contributed by atoms with Gasteiger partial charge in [-0.25, -0.2) is 0 Å². The Morgan fingerprint density at radius 3 is 2.42 bits per heavy atom. The first-order valence-corrected chi connectivity index (χ1v) is 6.23. The summed E-state index contributed by atoms with van der Waals surface area (Å²) in [5.74, 6) is -0.714. The highest BCUT2D eigenvalue weighted by atomic mass is 16.2. The summed E-state index contributed by atoms with van der Waals surface area (Å²) in [4.78, 5) is 24.8. The fraction of sp³-hybridized carbons (Fsp3) is 0.429. The van der Waals surface area contributed by atoms with Crippen LogP contribution in [0.4, 0.5) is 0 Å². The second kappa shape index (κ2) is 6.89. The van der Waals surface area contributed by atoms with Gasteiger partial charge in [0.25, 0.3) is 0 Å². The highest BCUT2D eigenvalue weighted by Crippen LogP contribution is 2.20. The van der Waals surface area contributed by atoms with Gasteiger partial charge in [0, 0.05) is 20.1 Å². The number of hydrogen-bond acceptors (Lipinski definition) is 3. The van der Waals surface area contributed by atoms with Crippen LogP contribution >= 0.6 is 0 Å². The average Bonchev–Trinajstić information content (AvgIpc) is 2.45. The van der Waals surface area contributed by atoms with Crippen LogP contribution in [0.1, 0.15) is 18.5 Å². The van der Waals surface area contributed by atoms with E-state index in [4.69, 9.17) is 5.73 Å². The summed E-state index contributed by atoms with van der Waals surface area (Å²) in [6, 6.07) is 9.10. The predicted octanol–water partition coefficient (Wildman–Crippen LogP) is 0.527. The number of amides is 2. The molecule has 1 aromatic carbocycles. The number of nitrogens with zero attached hydrogens (tertiary/aromatic N) is 1. The molecule has 0 aliphatic heterocycles. The van der Waals surface area contributed by atoms with E-state index >= 15 is 0 Å². The molecule has 0 fully saturated rings. The van der Waals surface area contributed by atoms with Crippen LogP contribution in [-0.2, 0) is 9.59 Å². The van der Waals surface area contributed by atoms with Gasteiger partial charge in [0.05, 0.1) is 12.5 Å². The van der Waals surface area contributed by atoms with Crippen molar-refractivity contribution in [2.45, 2.75) is 13.0 Å². The molecule has 0 aliphatic rings. The van der Waals surface area contributed by atoms with E-state index in [0.29, 0.717) is 0 Å². The molecule has 0 saturated carbocycles. The number of nitrogens with one attached hydrogen (secondary N) is 1. The van der Waals surface area contributed by atoms with Crippen LogP contribution in [0.3, 0.4) is 0 Å². The summed E-state index contributed by atoms with van der Waals surface area (Å²) < 4.78 is 0. The molecule has 2 atom stereocenters. The van der Waals surface area contributed by atoms with Gasteiger partial charge < -0.3 is 16.0 Å². The van der Waals surface area contributed by atoms with Gasteiger partial charge in [-0.15, -0.1) is 0 Å². The lowest BCUT2D eigenvalue weighted by molar-refractivity contribution is -0.138. The van der Waals surface area contributed by atoms with Crippen molar-refractivity contribution in [3.05, 3.63) is 35.9 Å². The minimum absolute atomic E-state index is 0.0428. The molecule has 5 nitrogen and oxygen atoms in total. The third kappa shape index (κ3) is 4.06. The molecule has 2 unspecified atom stereocenters. The maximum absolute atomic E-state index is 12.2. The summed E-state index contributed by atoms with van der Waals surface area (Å²) in [6.45, 7) is 1.82. The number of carbonyl (C=O) groups is 2. The quantitative estimate of drug-likeness (QED) is 0.813. The van der Waals surface area contributed by atoms with Crippen LogP contribution in [0.5, 0.6) is 0 Å². The van der Waals surface area contributed by atoms with Crippen LogP contribution in [-0.4, -0.2) is 37.4 Å². The molecule has 5 heteroatoms. The summed E-state index contributed by atoms with van der Waals surface area (Å²) in [5, 5.41) is 2.49. The van der Waals surface area contributed by atoms with E-state index in [0.717, 1.165) is 5.56 Å². The molecule has 0 aromatic heterocycles. The van der Waals surface area contributed by atoms with Crippen molar-refractivity contribution in [2.24, 2.45) is 11.7 Å². The maximum atomic E-state index is 12.2. The van der Waals surface area contributed by atoms with Crippen LogP contribution < -0.4 is 11.1 Å². The lowest BCUT2D eigenvalue weighted by Crippen LogP contribution is -2.42. The van der Waals surface area contributed by atoms with E-state index in [2.05, 4.69) is 5.32 Å². The zero-order valence-corrected chi connectivity index (χ0v) is 11.6. The minimum Gasteiger partial charge on any atom is -0.358 e. The summed E-state index contributed by atoms with van der Waals surface area (Å²) in [5.41, 5.74) is 7.01.